The minimum Gasteiger partial charge on any atom is -0.350 e. The Morgan fingerprint density at radius 1 is 0.828 bits per heavy atom. The Balaban J connectivity index is 1.73. The summed E-state index contributed by atoms with van der Waals surface area (Å²) < 4.78 is 4.63. The quantitative estimate of drug-likeness (QED) is 0.375. The monoisotopic (exact) mass is 377 g/mol. The van der Waals surface area contributed by atoms with Gasteiger partial charge in [-0.15, -0.1) is 0 Å². The van der Waals surface area contributed by atoms with Gasteiger partial charge in [0, 0.05) is 47.6 Å². The zero-order chi connectivity index (χ0) is 19.8. The second kappa shape index (κ2) is 5.70. The van der Waals surface area contributed by atoms with Crippen molar-refractivity contribution < 1.29 is 4.58 Å². The summed E-state index contributed by atoms with van der Waals surface area (Å²) in [7, 11) is 4.37. The Labute approximate surface area is 171 Å². The number of nitrogens with zero attached hydrogens (tertiary/aromatic N) is 2. The number of aryl methyl sites for hydroxylation is 1. The van der Waals surface area contributed by atoms with E-state index in [0.717, 1.165) is 0 Å². The standard InChI is InChI=1S/C27H25N2/c1-18-19-10-4-5-12-21(19)26(22-16-28(2)24-14-8-6-11-20(22)24)27(18)17-29(3)25-15-9-7-13-23(25)27/h4-18,26H,1-3H3/q+1. The lowest BCUT2D eigenvalue weighted by molar-refractivity contribution is -0.397. The van der Waals surface area contributed by atoms with Crippen molar-refractivity contribution in [2.45, 2.75) is 24.2 Å². The zero-order valence-electron chi connectivity index (χ0n) is 17.1. The van der Waals surface area contributed by atoms with Crippen LogP contribution in [-0.4, -0.2) is 22.4 Å². The second-order valence-electron chi connectivity index (χ2n) is 8.69. The maximum Gasteiger partial charge on any atom is 0.209 e. The fraction of sp³-hybridized carbons (Fsp3) is 0.222. The van der Waals surface area contributed by atoms with Crippen LogP contribution >= 0.6 is 0 Å². The summed E-state index contributed by atoms with van der Waals surface area (Å²) in [6.45, 7) is 2.41. The molecule has 0 radical (unpaired) electrons. The SMILES string of the molecule is CC1c2ccccc2C(c2cn(C)c3ccccc23)C12C=[N+](C)c1ccccc12. The molecule has 0 fully saturated rings. The highest BCUT2D eigenvalue weighted by Gasteiger charge is 2.59. The van der Waals surface area contributed by atoms with E-state index in [-0.39, 0.29) is 5.41 Å². The van der Waals surface area contributed by atoms with E-state index in [1.807, 2.05) is 0 Å². The summed E-state index contributed by atoms with van der Waals surface area (Å²) in [6, 6.07) is 26.9. The lowest BCUT2D eigenvalue weighted by Gasteiger charge is -2.31. The van der Waals surface area contributed by atoms with Crippen LogP contribution in [0.3, 0.4) is 0 Å². The van der Waals surface area contributed by atoms with Gasteiger partial charge in [-0.3, -0.25) is 0 Å². The lowest BCUT2D eigenvalue weighted by Crippen LogP contribution is -2.34. The van der Waals surface area contributed by atoms with E-state index in [9.17, 15) is 0 Å². The maximum atomic E-state index is 2.49. The molecule has 2 heterocycles. The summed E-state index contributed by atoms with van der Waals surface area (Å²) in [4.78, 5) is 0. The van der Waals surface area contributed by atoms with Gasteiger partial charge in [0.05, 0.1) is 5.41 Å². The maximum absolute atomic E-state index is 2.49. The van der Waals surface area contributed by atoms with E-state index >= 15 is 0 Å². The molecular weight excluding hydrogens is 352 g/mol. The van der Waals surface area contributed by atoms with Crippen molar-refractivity contribution in [1.29, 1.82) is 0 Å². The summed E-state index contributed by atoms with van der Waals surface area (Å²) >= 11 is 0. The van der Waals surface area contributed by atoms with Gasteiger partial charge >= 0.3 is 0 Å². The van der Waals surface area contributed by atoms with Crippen LogP contribution < -0.4 is 0 Å². The first kappa shape index (κ1) is 16.8. The van der Waals surface area contributed by atoms with Gasteiger partial charge in [0.1, 0.15) is 7.05 Å². The van der Waals surface area contributed by atoms with E-state index in [1.54, 1.807) is 0 Å². The number of aromatic nitrogens is 1. The number of para-hydroxylation sites is 2. The highest BCUT2D eigenvalue weighted by atomic mass is 15.0. The molecule has 6 rings (SSSR count). The molecule has 142 valence electrons. The zero-order valence-corrected chi connectivity index (χ0v) is 17.1. The minimum absolute atomic E-state index is 0.0703. The number of hydrogen-bond donors (Lipinski definition) is 0. The average Bonchev–Trinajstić information content (AvgIpc) is 3.33. The summed E-state index contributed by atoms with van der Waals surface area (Å²) in [5.41, 5.74) is 8.39. The van der Waals surface area contributed by atoms with Crippen LogP contribution in [0.15, 0.2) is 79.0 Å². The van der Waals surface area contributed by atoms with E-state index in [4.69, 9.17) is 0 Å². The van der Waals surface area contributed by atoms with Gasteiger partial charge in [-0.05, 0) is 22.8 Å². The molecule has 1 spiro atoms. The minimum atomic E-state index is -0.0703. The van der Waals surface area contributed by atoms with Crippen molar-refractivity contribution in [2.75, 3.05) is 7.05 Å². The molecule has 0 amide bonds. The van der Waals surface area contributed by atoms with Crippen LogP contribution in [0.2, 0.25) is 0 Å². The molecule has 2 nitrogen and oxygen atoms in total. The van der Waals surface area contributed by atoms with Crippen molar-refractivity contribution >= 4 is 22.8 Å². The Kier molecular flexibility index (Phi) is 3.30. The Morgan fingerprint density at radius 3 is 2.38 bits per heavy atom. The van der Waals surface area contributed by atoms with Gasteiger partial charge in [0.2, 0.25) is 5.69 Å². The fourth-order valence-electron chi connectivity index (χ4n) is 6.14. The normalized spacial score (nSPS) is 24.7. The van der Waals surface area contributed by atoms with Crippen LogP contribution in [0, 0.1) is 0 Å². The lowest BCUT2D eigenvalue weighted by atomic mass is 9.65. The Morgan fingerprint density at radius 2 is 1.52 bits per heavy atom. The third-order valence-corrected chi connectivity index (χ3v) is 7.36. The molecule has 2 aliphatic rings. The third kappa shape index (κ3) is 1.99. The van der Waals surface area contributed by atoms with Gasteiger partial charge < -0.3 is 4.57 Å². The molecule has 3 atom stereocenters. The largest absolute Gasteiger partial charge is 0.350 e. The van der Waals surface area contributed by atoms with Crippen LogP contribution in [0.4, 0.5) is 5.69 Å². The van der Waals surface area contributed by atoms with Gasteiger partial charge in [0.15, 0.2) is 6.21 Å². The molecule has 0 saturated heterocycles. The molecule has 29 heavy (non-hydrogen) atoms. The predicted molar refractivity (Wildman–Crippen MR) is 120 cm³/mol. The Hall–Kier alpha value is -3.13. The molecule has 0 bridgehead atoms. The molecule has 4 aromatic rings. The molecule has 3 aromatic carbocycles. The molecule has 2 heteroatoms. The van der Waals surface area contributed by atoms with Crippen LogP contribution in [-0.2, 0) is 12.5 Å². The van der Waals surface area contributed by atoms with E-state index in [1.165, 1.54) is 38.8 Å². The van der Waals surface area contributed by atoms with Crippen LogP contribution in [0.5, 0.6) is 0 Å². The molecule has 0 saturated carbocycles. The summed E-state index contributed by atoms with van der Waals surface area (Å²) in [5.74, 6) is 0.708. The van der Waals surface area contributed by atoms with Crippen molar-refractivity contribution in [3.8, 4) is 0 Å². The van der Waals surface area contributed by atoms with Crippen molar-refractivity contribution in [3.63, 3.8) is 0 Å². The molecule has 3 unspecified atom stereocenters. The Bertz CT molecular complexity index is 1310. The van der Waals surface area contributed by atoms with E-state index in [0.29, 0.717) is 11.8 Å². The molecular formula is C27H25N2+. The fourth-order valence-corrected chi connectivity index (χ4v) is 6.14. The van der Waals surface area contributed by atoms with Crippen molar-refractivity contribution in [3.05, 3.63) is 101 Å². The number of hydrogen-bond acceptors (Lipinski definition) is 0. The highest BCUT2D eigenvalue weighted by Crippen LogP contribution is 2.61. The molecule has 0 N–H and O–H groups in total. The molecule has 1 aliphatic heterocycles. The van der Waals surface area contributed by atoms with Crippen LogP contribution in [0.25, 0.3) is 10.9 Å². The summed E-state index contributed by atoms with van der Waals surface area (Å²) in [6.07, 6.45) is 4.86. The molecule has 1 aliphatic carbocycles. The van der Waals surface area contributed by atoms with E-state index < -0.39 is 0 Å². The van der Waals surface area contributed by atoms with E-state index in [2.05, 4.69) is 115 Å². The first-order valence-corrected chi connectivity index (χ1v) is 10.4. The number of rotatable bonds is 1. The topological polar surface area (TPSA) is 7.94 Å². The average molecular weight is 378 g/mol. The van der Waals surface area contributed by atoms with Gasteiger partial charge in [0.25, 0.3) is 0 Å². The van der Waals surface area contributed by atoms with Crippen LogP contribution in [0.1, 0.15) is 41.0 Å². The van der Waals surface area contributed by atoms with Gasteiger partial charge in [-0.1, -0.05) is 67.6 Å². The van der Waals surface area contributed by atoms with Gasteiger partial charge in [-0.2, -0.15) is 0 Å². The molecule has 1 aromatic heterocycles. The highest BCUT2D eigenvalue weighted by molar-refractivity contribution is 5.90. The predicted octanol–water partition coefficient (Wildman–Crippen LogP) is 5.72. The second-order valence-corrected chi connectivity index (χ2v) is 8.69. The number of benzene rings is 3. The van der Waals surface area contributed by atoms with Crippen molar-refractivity contribution in [2.24, 2.45) is 7.05 Å². The summed E-state index contributed by atoms with van der Waals surface area (Å²) in [5, 5.41) is 1.36. The van der Waals surface area contributed by atoms with Gasteiger partial charge in [-0.25, -0.2) is 4.58 Å². The first-order valence-electron chi connectivity index (χ1n) is 10.4. The van der Waals surface area contributed by atoms with Crippen molar-refractivity contribution in [1.82, 2.24) is 4.57 Å². The number of fused-ring (bicyclic) bond motifs is 4. The first-order chi connectivity index (χ1) is 14.1. The smallest absolute Gasteiger partial charge is 0.209 e. The third-order valence-electron chi connectivity index (χ3n) is 7.36.